The molecule has 0 spiro atoms. The van der Waals surface area contributed by atoms with Gasteiger partial charge in [0.2, 0.25) is 5.88 Å². The summed E-state index contributed by atoms with van der Waals surface area (Å²) in [4.78, 5) is 4.23. The average molecular weight is 259 g/mol. The van der Waals surface area contributed by atoms with Crippen LogP contribution in [0.2, 0.25) is 0 Å². The van der Waals surface area contributed by atoms with E-state index < -0.39 is 0 Å². The zero-order chi connectivity index (χ0) is 10.6. The fourth-order valence-electron chi connectivity index (χ4n) is 1.12. The maximum atomic E-state index is 5.58. The van der Waals surface area contributed by atoms with E-state index in [1.165, 1.54) is 0 Å². The topological polar surface area (TPSA) is 34.2 Å². The van der Waals surface area contributed by atoms with Crippen molar-refractivity contribution in [2.45, 2.75) is 26.5 Å². The van der Waals surface area contributed by atoms with Crippen LogP contribution in [0.1, 0.15) is 19.4 Å². The smallest absolute Gasteiger partial charge is 0.218 e. The van der Waals surface area contributed by atoms with Gasteiger partial charge < -0.3 is 10.1 Å². The predicted molar refractivity (Wildman–Crippen MR) is 60.5 cm³/mol. The number of ether oxygens (including phenoxy) is 1. The Labute approximate surface area is 93.0 Å². The molecule has 0 aliphatic heterocycles. The van der Waals surface area contributed by atoms with Crippen LogP contribution >= 0.6 is 15.9 Å². The SMILES string of the molecule is CNCc1cc(Br)cnc1OC(C)C. The van der Waals surface area contributed by atoms with Crippen LogP contribution in [0.3, 0.4) is 0 Å². The Balaban J connectivity index is 2.89. The van der Waals surface area contributed by atoms with Crippen LogP contribution in [0.15, 0.2) is 16.7 Å². The van der Waals surface area contributed by atoms with Gasteiger partial charge >= 0.3 is 0 Å². The van der Waals surface area contributed by atoms with Crippen LogP contribution in [0.5, 0.6) is 5.88 Å². The molecule has 0 atom stereocenters. The zero-order valence-corrected chi connectivity index (χ0v) is 10.3. The molecule has 0 saturated carbocycles. The molecule has 0 amide bonds. The molecule has 0 unspecified atom stereocenters. The fraction of sp³-hybridized carbons (Fsp3) is 0.500. The molecule has 0 fully saturated rings. The summed E-state index contributed by atoms with van der Waals surface area (Å²) in [6.45, 7) is 4.74. The number of aromatic nitrogens is 1. The minimum Gasteiger partial charge on any atom is -0.475 e. The fourth-order valence-corrected chi connectivity index (χ4v) is 1.49. The average Bonchev–Trinajstić information content (AvgIpc) is 2.09. The summed E-state index contributed by atoms with van der Waals surface area (Å²) in [5.74, 6) is 0.706. The molecule has 4 heteroatoms. The van der Waals surface area contributed by atoms with E-state index in [1.807, 2.05) is 27.0 Å². The lowest BCUT2D eigenvalue weighted by Crippen LogP contribution is -2.12. The minimum atomic E-state index is 0.152. The van der Waals surface area contributed by atoms with E-state index in [4.69, 9.17) is 4.74 Å². The maximum Gasteiger partial charge on any atom is 0.218 e. The van der Waals surface area contributed by atoms with Crippen LogP contribution in [-0.2, 0) is 6.54 Å². The standard InChI is InChI=1S/C10H15BrN2O/c1-7(2)14-10-8(5-12-3)4-9(11)6-13-10/h4,6-7,12H,5H2,1-3H3. The number of hydrogen-bond donors (Lipinski definition) is 1. The van der Waals surface area contributed by atoms with Gasteiger partial charge in [-0.1, -0.05) is 0 Å². The van der Waals surface area contributed by atoms with Gasteiger partial charge in [0.25, 0.3) is 0 Å². The second-order valence-electron chi connectivity index (χ2n) is 3.31. The molecule has 1 heterocycles. The molecule has 0 aliphatic rings. The van der Waals surface area contributed by atoms with Crippen molar-refractivity contribution in [3.8, 4) is 5.88 Å². The van der Waals surface area contributed by atoms with E-state index in [-0.39, 0.29) is 6.10 Å². The van der Waals surface area contributed by atoms with Crippen molar-refractivity contribution in [2.75, 3.05) is 7.05 Å². The van der Waals surface area contributed by atoms with Gasteiger partial charge in [0.1, 0.15) is 0 Å². The van der Waals surface area contributed by atoms with Crippen molar-refractivity contribution in [1.29, 1.82) is 0 Å². The molecular weight excluding hydrogens is 244 g/mol. The highest BCUT2D eigenvalue weighted by molar-refractivity contribution is 9.10. The lowest BCUT2D eigenvalue weighted by atomic mass is 10.2. The number of nitrogens with zero attached hydrogens (tertiary/aromatic N) is 1. The normalized spacial score (nSPS) is 10.6. The van der Waals surface area contributed by atoms with Crippen molar-refractivity contribution >= 4 is 15.9 Å². The molecule has 0 radical (unpaired) electrons. The van der Waals surface area contributed by atoms with Gasteiger partial charge in [0.05, 0.1) is 6.10 Å². The molecule has 1 aromatic heterocycles. The molecule has 14 heavy (non-hydrogen) atoms. The van der Waals surface area contributed by atoms with Crippen LogP contribution in [-0.4, -0.2) is 18.1 Å². The summed E-state index contributed by atoms with van der Waals surface area (Å²) in [6.07, 6.45) is 1.90. The van der Waals surface area contributed by atoms with Crippen molar-refractivity contribution in [2.24, 2.45) is 0 Å². The summed E-state index contributed by atoms with van der Waals surface area (Å²) >= 11 is 3.39. The molecule has 0 aliphatic carbocycles. The molecule has 0 bridgehead atoms. The third-order valence-corrected chi connectivity index (χ3v) is 2.04. The number of nitrogens with one attached hydrogen (secondary N) is 1. The lowest BCUT2D eigenvalue weighted by molar-refractivity contribution is 0.229. The van der Waals surface area contributed by atoms with Crippen LogP contribution in [0.4, 0.5) is 0 Å². The maximum absolute atomic E-state index is 5.58. The molecule has 1 aromatic rings. The summed E-state index contributed by atoms with van der Waals surface area (Å²) in [5.41, 5.74) is 1.07. The van der Waals surface area contributed by atoms with E-state index in [0.29, 0.717) is 5.88 Å². The highest BCUT2D eigenvalue weighted by Gasteiger charge is 2.06. The summed E-state index contributed by atoms with van der Waals surface area (Å²) < 4.78 is 6.55. The Bertz CT molecular complexity index is 302. The zero-order valence-electron chi connectivity index (χ0n) is 8.67. The third kappa shape index (κ3) is 3.27. The van der Waals surface area contributed by atoms with E-state index in [1.54, 1.807) is 6.20 Å². The van der Waals surface area contributed by atoms with E-state index in [2.05, 4.69) is 26.2 Å². The van der Waals surface area contributed by atoms with Gasteiger partial charge in [0.15, 0.2) is 0 Å². The minimum absolute atomic E-state index is 0.152. The first-order valence-corrected chi connectivity index (χ1v) is 5.38. The summed E-state index contributed by atoms with van der Waals surface area (Å²) in [5, 5.41) is 3.08. The monoisotopic (exact) mass is 258 g/mol. The van der Waals surface area contributed by atoms with E-state index in [9.17, 15) is 0 Å². The first kappa shape index (κ1) is 11.5. The number of hydrogen-bond acceptors (Lipinski definition) is 3. The highest BCUT2D eigenvalue weighted by Crippen LogP contribution is 2.20. The quantitative estimate of drug-likeness (QED) is 0.901. The molecule has 0 aromatic carbocycles. The van der Waals surface area contributed by atoms with Crippen LogP contribution in [0.25, 0.3) is 0 Å². The Morgan fingerprint density at radius 3 is 2.86 bits per heavy atom. The van der Waals surface area contributed by atoms with Crippen molar-refractivity contribution in [3.05, 3.63) is 22.3 Å². The van der Waals surface area contributed by atoms with Gasteiger partial charge in [-0.25, -0.2) is 4.98 Å². The second kappa shape index (κ2) is 5.32. The predicted octanol–water partition coefficient (Wildman–Crippen LogP) is 2.35. The lowest BCUT2D eigenvalue weighted by Gasteiger charge is -2.12. The highest BCUT2D eigenvalue weighted by atomic mass is 79.9. The van der Waals surface area contributed by atoms with E-state index >= 15 is 0 Å². The van der Waals surface area contributed by atoms with Gasteiger partial charge in [-0.05, 0) is 42.9 Å². The van der Waals surface area contributed by atoms with Gasteiger partial charge in [-0.15, -0.1) is 0 Å². The largest absolute Gasteiger partial charge is 0.475 e. The molecule has 1 rings (SSSR count). The number of halogens is 1. The van der Waals surface area contributed by atoms with Gasteiger partial charge in [-0.3, -0.25) is 0 Å². The van der Waals surface area contributed by atoms with Crippen LogP contribution in [0, 0.1) is 0 Å². The van der Waals surface area contributed by atoms with Crippen molar-refractivity contribution in [1.82, 2.24) is 10.3 Å². The molecule has 1 N–H and O–H groups in total. The molecule has 0 saturated heterocycles. The van der Waals surface area contributed by atoms with Gasteiger partial charge in [-0.2, -0.15) is 0 Å². The first-order valence-electron chi connectivity index (χ1n) is 4.59. The van der Waals surface area contributed by atoms with Gasteiger partial charge in [0, 0.05) is 22.8 Å². The Kier molecular flexibility index (Phi) is 4.35. The number of pyridine rings is 1. The Morgan fingerprint density at radius 2 is 2.29 bits per heavy atom. The molecule has 78 valence electrons. The van der Waals surface area contributed by atoms with Crippen molar-refractivity contribution in [3.63, 3.8) is 0 Å². The summed E-state index contributed by atoms with van der Waals surface area (Å²) in [6, 6.07) is 2.02. The Hall–Kier alpha value is -0.610. The second-order valence-corrected chi connectivity index (χ2v) is 4.23. The first-order chi connectivity index (χ1) is 6.63. The molecule has 3 nitrogen and oxygen atoms in total. The van der Waals surface area contributed by atoms with Crippen molar-refractivity contribution < 1.29 is 4.74 Å². The summed E-state index contributed by atoms with van der Waals surface area (Å²) in [7, 11) is 1.90. The van der Waals surface area contributed by atoms with E-state index in [0.717, 1.165) is 16.6 Å². The number of rotatable bonds is 4. The third-order valence-electron chi connectivity index (χ3n) is 1.61. The molecular formula is C10H15BrN2O. The Morgan fingerprint density at radius 1 is 1.57 bits per heavy atom. The van der Waals surface area contributed by atoms with Crippen LogP contribution < -0.4 is 10.1 Å².